The van der Waals surface area contributed by atoms with E-state index in [2.05, 4.69) is 142 Å². The van der Waals surface area contributed by atoms with Gasteiger partial charge in [-0.2, -0.15) is 0 Å². The van der Waals surface area contributed by atoms with E-state index in [-0.39, 0.29) is 0 Å². The Kier molecular flexibility index (Phi) is 4.20. The van der Waals surface area contributed by atoms with Gasteiger partial charge in [0, 0.05) is 48.7 Å². The Hall–Kier alpha value is -5.60. The maximum absolute atomic E-state index is 2.51. The second-order valence-corrected chi connectivity index (χ2v) is 12.4. The van der Waals surface area contributed by atoms with E-state index in [9.17, 15) is 0 Å². The zero-order chi connectivity index (χ0) is 28.5. The van der Waals surface area contributed by atoms with Crippen LogP contribution < -0.4 is 0 Å². The molecule has 4 heterocycles. The molecule has 0 N–H and O–H groups in total. The predicted octanol–water partition coefficient (Wildman–Crippen LogP) is 11.4. The molecule has 2 heteroatoms. The molecule has 0 unspecified atom stereocenters. The zero-order valence-electron chi connectivity index (χ0n) is 24.0. The standard InChI is InChI=1S/C42H26N2/c1-2-9-25(10-3-1)26-20-22-38-36(23-26)35-17-8-14-32-30-21-19-27(24-39(30)43(38)41(32)35)28-12-6-15-33-34-16-7-13-31-29-11-4-5-18-37(29)44(40(28)33)42(31)34/h2,4-24H,1,3H2. The highest BCUT2D eigenvalue weighted by Crippen LogP contribution is 2.44. The summed E-state index contributed by atoms with van der Waals surface area (Å²) in [4.78, 5) is 0. The average molecular weight is 559 g/mol. The van der Waals surface area contributed by atoms with Crippen LogP contribution in [0.5, 0.6) is 0 Å². The highest BCUT2D eigenvalue weighted by atomic mass is 14.9. The van der Waals surface area contributed by atoms with Gasteiger partial charge in [-0.15, -0.1) is 0 Å². The van der Waals surface area contributed by atoms with E-state index in [0.29, 0.717) is 0 Å². The number of hydrogen-bond donors (Lipinski definition) is 0. The number of para-hydroxylation sites is 4. The van der Waals surface area contributed by atoms with Crippen LogP contribution in [0.25, 0.3) is 92.9 Å². The Balaban J connectivity index is 1.23. The Bertz CT molecular complexity index is 2870. The minimum atomic E-state index is 1.12. The Morgan fingerprint density at radius 3 is 1.86 bits per heavy atom. The second-order valence-electron chi connectivity index (χ2n) is 12.4. The summed E-state index contributed by atoms with van der Waals surface area (Å²) in [7, 11) is 0. The van der Waals surface area contributed by atoms with Gasteiger partial charge in [0.1, 0.15) is 0 Å². The largest absolute Gasteiger partial charge is 0.308 e. The molecule has 4 aromatic heterocycles. The number of aromatic nitrogens is 2. The number of fused-ring (bicyclic) bond motifs is 12. The maximum Gasteiger partial charge on any atom is 0.0620 e. The fourth-order valence-corrected chi connectivity index (χ4v) is 8.36. The highest BCUT2D eigenvalue weighted by Gasteiger charge is 2.21. The number of allylic oxidation sites excluding steroid dienone is 4. The Labute approximate surface area is 253 Å². The number of nitrogens with zero attached hydrogens (tertiary/aromatic N) is 2. The molecule has 0 saturated heterocycles. The van der Waals surface area contributed by atoms with Crippen LogP contribution in [-0.2, 0) is 0 Å². The summed E-state index contributed by atoms with van der Waals surface area (Å²) in [6.07, 6.45) is 9.20. The molecule has 0 amide bonds. The van der Waals surface area contributed by atoms with Crippen molar-refractivity contribution in [2.24, 2.45) is 0 Å². The lowest BCUT2D eigenvalue weighted by Gasteiger charge is -2.09. The predicted molar refractivity (Wildman–Crippen MR) is 188 cm³/mol. The molecule has 0 fully saturated rings. The normalized spacial score (nSPS) is 14.2. The smallest absolute Gasteiger partial charge is 0.0620 e. The van der Waals surface area contributed by atoms with Gasteiger partial charge in [-0.3, -0.25) is 0 Å². The fourth-order valence-electron chi connectivity index (χ4n) is 8.36. The van der Waals surface area contributed by atoms with Crippen molar-refractivity contribution in [2.75, 3.05) is 0 Å². The van der Waals surface area contributed by atoms with Gasteiger partial charge in [-0.1, -0.05) is 109 Å². The quantitative estimate of drug-likeness (QED) is 0.200. The van der Waals surface area contributed by atoms with Gasteiger partial charge in [-0.05, 0) is 53.8 Å². The summed E-state index contributed by atoms with van der Waals surface area (Å²) in [5.41, 5.74) is 12.9. The zero-order valence-corrected chi connectivity index (χ0v) is 24.0. The Morgan fingerprint density at radius 1 is 0.409 bits per heavy atom. The third kappa shape index (κ3) is 2.72. The summed E-state index contributed by atoms with van der Waals surface area (Å²) in [5.74, 6) is 0. The van der Waals surface area contributed by atoms with Crippen LogP contribution in [0.15, 0.2) is 133 Å². The van der Waals surface area contributed by atoms with Crippen LogP contribution in [-0.4, -0.2) is 8.80 Å². The minimum Gasteiger partial charge on any atom is -0.308 e. The van der Waals surface area contributed by atoms with E-state index in [1.165, 1.54) is 98.5 Å². The van der Waals surface area contributed by atoms with Crippen LogP contribution in [0.4, 0.5) is 0 Å². The lowest BCUT2D eigenvalue weighted by atomic mass is 9.97. The van der Waals surface area contributed by atoms with Crippen molar-refractivity contribution in [1.29, 1.82) is 0 Å². The lowest BCUT2D eigenvalue weighted by molar-refractivity contribution is 1.04. The molecule has 0 atom stereocenters. The van der Waals surface area contributed by atoms with Crippen molar-refractivity contribution in [3.63, 3.8) is 0 Å². The van der Waals surface area contributed by atoms with Crippen molar-refractivity contribution >= 4 is 81.8 Å². The minimum absolute atomic E-state index is 1.12. The first-order valence-corrected chi connectivity index (χ1v) is 15.6. The summed E-state index contributed by atoms with van der Waals surface area (Å²) in [5, 5.41) is 10.6. The monoisotopic (exact) mass is 558 g/mol. The van der Waals surface area contributed by atoms with E-state index in [4.69, 9.17) is 0 Å². The van der Waals surface area contributed by atoms with Gasteiger partial charge < -0.3 is 8.80 Å². The Morgan fingerprint density at radius 2 is 1.05 bits per heavy atom. The molecule has 11 rings (SSSR count). The summed E-state index contributed by atoms with van der Waals surface area (Å²) >= 11 is 0. The molecule has 44 heavy (non-hydrogen) atoms. The second kappa shape index (κ2) is 8.06. The molecule has 6 aromatic carbocycles. The lowest BCUT2D eigenvalue weighted by Crippen LogP contribution is -1.88. The molecule has 2 nitrogen and oxygen atoms in total. The first-order chi connectivity index (χ1) is 21.8. The first-order valence-electron chi connectivity index (χ1n) is 15.6. The molecule has 0 radical (unpaired) electrons. The summed E-state index contributed by atoms with van der Waals surface area (Å²) in [6, 6.07) is 43.3. The van der Waals surface area contributed by atoms with Crippen molar-refractivity contribution in [3.8, 4) is 11.1 Å². The van der Waals surface area contributed by atoms with E-state index >= 15 is 0 Å². The molecular weight excluding hydrogens is 532 g/mol. The highest BCUT2D eigenvalue weighted by molar-refractivity contribution is 6.26. The van der Waals surface area contributed by atoms with Gasteiger partial charge in [0.05, 0.1) is 33.1 Å². The van der Waals surface area contributed by atoms with Crippen LogP contribution in [0.3, 0.4) is 0 Å². The van der Waals surface area contributed by atoms with Crippen LogP contribution >= 0.6 is 0 Å². The third-order valence-electron chi connectivity index (χ3n) is 10.2. The van der Waals surface area contributed by atoms with Crippen molar-refractivity contribution in [3.05, 3.63) is 139 Å². The number of hydrogen-bond acceptors (Lipinski definition) is 0. The van der Waals surface area contributed by atoms with E-state index in [1.807, 2.05) is 0 Å². The van der Waals surface area contributed by atoms with E-state index in [1.54, 1.807) is 0 Å². The van der Waals surface area contributed by atoms with Crippen LogP contribution in [0.1, 0.15) is 18.4 Å². The summed E-state index contributed by atoms with van der Waals surface area (Å²) < 4.78 is 5.01. The van der Waals surface area contributed by atoms with Crippen molar-refractivity contribution in [1.82, 2.24) is 8.80 Å². The van der Waals surface area contributed by atoms with Gasteiger partial charge in [0.2, 0.25) is 0 Å². The molecule has 10 aromatic rings. The SMILES string of the molecule is C1=CC(c2ccc3c(c2)c2cccc4c5ccc(-c6cccc7c8cccc9c%10ccccc%10n(c67)c98)cc5n3c24)=CCC1. The molecular formula is C42H26N2. The van der Waals surface area contributed by atoms with Gasteiger partial charge in [-0.25, -0.2) is 0 Å². The van der Waals surface area contributed by atoms with Crippen molar-refractivity contribution in [2.45, 2.75) is 12.8 Å². The van der Waals surface area contributed by atoms with E-state index < -0.39 is 0 Å². The number of benzene rings is 6. The molecule has 0 saturated carbocycles. The average Bonchev–Trinajstić information content (AvgIpc) is 3.81. The first kappa shape index (κ1) is 22.9. The molecule has 0 spiro atoms. The van der Waals surface area contributed by atoms with Crippen molar-refractivity contribution < 1.29 is 0 Å². The summed E-state index contributed by atoms with van der Waals surface area (Å²) in [6.45, 7) is 0. The third-order valence-corrected chi connectivity index (χ3v) is 10.2. The molecule has 1 aliphatic rings. The van der Waals surface area contributed by atoms with Crippen LogP contribution in [0, 0.1) is 0 Å². The molecule has 0 bridgehead atoms. The molecule has 0 aliphatic heterocycles. The van der Waals surface area contributed by atoms with Gasteiger partial charge in [0.15, 0.2) is 0 Å². The molecule has 204 valence electrons. The van der Waals surface area contributed by atoms with Crippen LogP contribution in [0.2, 0.25) is 0 Å². The fraction of sp³-hybridized carbons (Fsp3) is 0.0476. The van der Waals surface area contributed by atoms with Gasteiger partial charge in [0.25, 0.3) is 0 Å². The molecule has 1 aliphatic carbocycles. The number of rotatable bonds is 2. The van der Waals surface area contributed by atoms with Gasteiger partial charge >= 0.3 is 0 Å². The maximum atomic E-state index is 2.51. The topological polar surface area (TPSA) is 8.82 Å². The van der Waals surface area contributed by atoms with E-state index in [0.717, 1.165) is 12.8 Å².